The van der Waals surface area contributed by atoms with Crippen LogP contribution in [0.4, 0.5) is 29.3 Å². The topological polar surface area (TPSA) is 144 Å². The minimum Gasteiger partial charge on any atom is -0.366 e. The van der Waals surface area contributed by atoms with E-state index in [-0.39, 0.29) is 30.8 Å². The standard InChI is InChI=1S/C42H46ClF3N8O5/c1-41(59)30-22-33-28(21-34(30)54(41)39(57)32-4-3-5-36(47-32)42(44,45)46)24-53(49-33)29-9-6-26(7-10-29)23-50(2)16-12-25-13-17-51(18-14-25)38(56)27-8-11-31(43)35(20-27)52-19-15-37(55)48-40(52)58/h3-5,8,11,20-22,24-26,29,59H,6-7,9-10,12-19,23H2,1-2H3,(H,48,55,58)/t26-,29-,41-/m0/s1. The number of likely N-dealkylation sites (tertiary alicyclic amines) is 1. The van der Waals surface area contributed by atoms with Crippen LogP contribution in [0.2, 0.25) is 5.02 Å². The normalized spacial score (nSPS) is 22.7. The first-order valence-corrected chi connectivity index (χ1v) is 20.5. The van der Waals surface area contributed by atoms with E-state index >= 15 is 0 Å². The molecule has 2 aromatic carbocycles. The van der Waals surface area contributed by atoms with Crippen molar-refractivity contribution in [2.24, 2.45) is 11.8 Å². The number of piperidine rings is 1. The summed E-state index contributed by atoms with van der Waals surface area (Å²) in [7, 11) is 2.17. The molecule has 13 nitrogen and oxygen atoms in total. The molecule has 1 saturated carbocycles. The molecule has 4 aromatic rings. The van der Waals surface area contributed by atoms with Crippen LogP contribution in [0.3, 0.4) is 0 Å². The lowest BCUT2D eigenvalue weighted by atomic mass is 9.85. The Morgan fingerprint density at radius 1 is 0.966 bits per heavy atom. The first kappa shape index (κ1) is 40.7. The molecule has 4 aliphatic rings. The van der Waals surface area contributed by atoms with Crippen molar-refractivity contribution in [3.8, 4) is 0 Å². The van der Waals surface area contributed by atoms with Crippen molar-refractivity contribution in [3.05, 3.63) is 82.3 Å². The van der Waals surface area contributed by atoms with Gasteiger partial charge >= 0.3 is 12.2 Å². The maximum atomic E-state index is 13.4. The molecule has 1 aliphatic carbocycles. The van der Waals surface area contributed by atoms with E-state index in [1.807, 2.05) is 15.8 Å². The second kappa shape index (κ2) is 15.8. The highest BCUT2D eigenvalue weighted by Gasteiger charge is 2.49. The molecule has 5 amide bonds. The van der Waals surface area contributed by atoms with E-state index < -0.39 is 35.2 Å². The number of amides is 5. The first-order valence-electron chi connectivity index (χ1n) is 20.1. The fraction of sp³-hybridized carbons (Fsp3) is 0.476. The van der Waals surface area contributed by atoms with Crippen LogP contribution in [0.5, 0.6) is 0 Å². The lowest BCUT2D eigenvalue weighted by Gasteiger charge is -2.47. The fourth-order valence-corrected chi connectivity index (χ4v) is 9.27. The number of hydrogen-bond donors (Lipinski definition) is 2. The molecule has 0 radical (unpaired) electrons. The number of alkyl halides is 3. The number of carbonyl (C=O) groups is 4. The van der Waals surface area contributed by atoms with E-state index in [0.717, 1.165) is 80.5 Å². The Morgan fingerprint density at radius 2 is 1.71 bits per heavy atom. The summed E-state index contributed by atoms with van der Waals surface area (Å²) >= 11 is 6.39. The van der Waals surface area contributed by atoms with Crippen molar-refractivity contribution in [1.29, 1.82) is 0 Å². The summed E-state index contributed by atoms with van der Waals surface area (Å²) in [6, 6.07) is 11.2. The number of urea groups is 1. The summed E-state index contributed by atoms with van der Waals surface area (Å²) in [6.45, 7) is 4.92. The highest BCUT2D eigenvalue weighted by atomic mass is 35.5. The molecule has 312 valence electrons. The quantitative estimate of drug-likeness (QED) is 0.184. The number of anilines is 2. The molecule has 8 rings (SSSR count). The van der Waals surface area contributed by atoms with Gasteiger partial charge in [-0.15, -0.1) is 0 Å². The Labute approximate surface area is 344 Å². The average molecular weight is 835 g/mol. The maximum Gasteiger partial charge on any atom is 0.433 e. The number of pyridine rings is 1. The van der Waals surface area contributed by atoms with Gasteiger partial charge in [-0.25, -0.2) is 9.78 Å². The molecule has 1 atom stereocenters. The molecule has 2 N–H and O–H groups in total. The number of benzene rings is 2. The van der Waals surface area contributed by atoms with Crippen LogP contribution < -0.4 is 15.1 Å². The number of hydrogen-bond acceptors (Lipinski definition) is 8. The van der Waals surface area contributed by atoms with Gasteiger partial charge in [0.25, 0.3) is 11.8 Å². The monoisotopic (exact) mass is 834 g/mol. The van der Waals surface area contributed by atoms with Gasteiger partial charge in [-0.2, -0.15) is 18.3 Å². The largest absolute Gasteiger partial charge is 0.433 e. The number of nitrogens with one attached hydrogen (secondary N) is 1. The van der Waals surface area contributed by atoms with Gasteiger partial charge in [-0.05, 0) is 120 Å². The molecule has 0 bridgehead atoms. The second-order valence-electron chi connectivity index (χ2n) is 16.5. The Bertz CT molecular complexity index is 2300. The first-order chi connectivity index (χ1) is 28.1. The van der Waals surface area contributed by atoms with Crippen molar-refractivity contribution in [2.75, 3.05) is 49.6 Å². The van der Waals surface area contributed by atoms with Crippen LogP contribution in [0.15, 0.2) is 54.7 Å². The minimum absolute atomic E-state index is 0.0967. The Kier molecular flexibility index (Phi) is 10.9. The fourth-order valence-electron chi connectivity index (χ4n) is 9.05. The van der Waals surface area contributed by atoms with Crippen LogP contribution in [0, 0.1) is 11.8 Å². The summed E-state index contributed by atoms with van der Waals surface area (Å²) in [5.41, 5.74) is -0.879. The number of carbonyl (C=O) groups excluding carboxylic acids is 4. The van der Waals surface area contributed by atoms with E-state index in [1.165, 1.54) is 17.9 Å². The number of nitrogens with zero attached hydrogens (tertiary/aromatic N) is 7. The van der Waals surface area contributed by atoms with Gasteiger partial charge in [0.2, 0.25) is 5.91 Å². The van der Waals surface area contributed by atoms with E-state index in [1.54, 1.807) is 30.3 Å². The molecule has 17 heteroatoms. The van der Waals surface area contributed by atoms with Crippen molar-refractivity contribution >= 4 is 57.6 Å². The van der Waals surface area contributed by atoms with Crippen molar-refractivity contribution < 1.29 is 37.5 Å². The SMILES string of the molecule is CN(CCC1CCN(C(=O)c2ccc(Cl)c(N3CCC(=O)NC3=O)c2)CC1)C[C@H]1CC[C@H](n2cc3cc4c(cc3n2)[C@](C)(O)N4C(=O)c2cccc(C(F)(F)F)n2)CC1. The molecular weight excluding hydrogens is 789 g/mol. The van der Waals surface area contributed by atoms with Gasteiger partial charge in [0.15, 0.2) is 5.72 Å². The van der Waals surface area contributed by atoms with E-state index in [9.17, 15) is 37.5 Å². The van der Waals surface area contributed by atoms with Gasteiger partial charge in [-0.1, -0.05) is 17.7 Å². The van der Waals surface area contributed by atoms with Gasteiger partial charge < -0.3 is 14.9 Å². The second-order valence-corrected chi connectivity index (χ2v) is 16.9. The molecule has 0 spiro atoms. The van der Waals surface area contributed by atoms with Crippen molar-refractivity contribution in [2.45, 2.75) is 76.2 Å². The lowest BCUT2D eigenvalue weighted by molar-refractivity contribution is -0.141. The zero-order valence-corrected chi connectivity index (χ0v) is 33.6. The Hall–Kier alpha value is -5.06. The average Bonchev–Trinajstić information content (AvgIpc) is 3.63. The summed E-state index contributed by atoms with van der Waals surface area (Å²) < 4.78 is 41.8. The van der Waals surface area contributed by atoms with Crippen molar-refractivity contribution in [3.63, 3.8) is 0 Å². The zero-order chi connectivity index (χ0) is 41.8. The van der Waals surface area contributed by atoms with Gasteiger partial charge in [0.1, 0.15) is 11.4 Å². The van der Waals surface area contributed by atoms with Crippen LogP contribution in [-0.2, 0) is 16.7 Å². The number of fused-ring (bicyclic) bond motifs is 2. The molecule has 3 aliphatic heterocycles. The van der Waals surface area contributed by atoms with Crippen LogP contribution in [-0.4, -0.2) is 93.2 Å². The van der Waals surface area contributed by atoms with E-state index in [2.05, 4.69) is 22.2 Å². The number of imide groups is 1. The molecule has 2 aromatic heterocycles. The highest BCUT2D eigenvalue weighted by molar-refractivity contribution is 6.34. The predicted molar refractivity (Wildman–Crippen MR) is 214 cm³/mol. The molecule has 0 unspecified atom stereocenters. The predicted octanol–water partition coefficient (Wildman–Crippen LogP) is 6.98. The third kappa shape index (κ3) is 8.14. The lowest BCUT2D eigenvalue weighted by Crippen LogP contribution is -2.56. The smallest absolute Gasteiger partial charge is 0.366 e. The Morgan fingerprint density at radius 3 is 2.42 bits per heavy atom. The molecule has 5 heterocycles. The maximum absolute atomic E-state index is 13.4. The number of rotatable bonds is 9. The zero-order valence-electron chi connectivity index (χ0n) is 32.8. The molecule has 2 saturated heterocycles. The van der Waals surface area contributed by atoms with E-state index in [4.69, 9.17) is 16.7 Å². The summed E-state index contributed by atoms with van der Waals surface area (Å²) in [5.74, 6) is -0.180. The van der Waals surface area contributed by atoms with Crippen molar-refractivity contribution in [1.82, 2.24) is 29.9 Å². The van der Waals surface area contributed by atoms with E-state index in [0.29, 0.717) is 58.0 Å². The van der Waals surface area contributed by atoms with Crippen LogP contribution in [0.25, 0.3) is 10.9 Å². The minimum atomic E-state index is -4.71. The highest BCUT2D eigenvalue weighted by Crippen LogP contribution is 2.49. The van der Waals surface area contributed by atoms with Crippen LogP contribution in [0.1, 0.15) is 96.4 Å². The Balaban J connectivity index is 0.799. The molecule has 3 fully saturated rings. The summed E-state index contributed by atoms with van der Waals surface area (Å²) in [6.07, 6.45) is 4.31. The van der Waals surface area contributed by atoms with Gasteiger partial charge in [0.05, 0.1) is 28.0 Å². The van der Waals surface area contributed by atoms with Gasteiger partial charge in [0, 0.05) is 55.3 Å². The number of halogens is 4. The third-order valence-corrected chi connectivity index (χ3v) is 12.7. The third-order valence-electron chi connectivity index (χ3n) is 12.4. The summed E-state index contributed by atoms with van der Waals surface area (Å²) in [5, 5.41) is 19.5. The number of aromatic nitrogens is 3. The summed E-state index contributed by atoms with van der Waals surface area (Å²) in [4.78, 5) is 61.1. The van der Waals surface area contributed by atoms with Gasteiger partial charge in [-0.3, -0.25) is 34.2 Å². The molecular formula is C42H46ClF3N8O5. The van der Waals surface area contributed by atoms with Crippen LogP contribution >= 0.6 is 11.6 Å². The number of aliphatic hydroxyl groups is 1. The molecule has 59 heavy (non-hydrogen) atoms.